The molecule has 0 amide bonds. The Balaban J connectivity index is 1.55. The molecule has 4 rings (SSSR count). The second kappa shape index (κ2) is 9.05. The maximum Gasteiger partial charge on any atom is 0.193 e. The highest BCUT2D eigenvalue weighted by Crippen LogP contribution is 2.29. The minimum absolute atomic E-state index is 0.0171. The van der Waals surface area contributed by atoms with Crippen LogP contribution in [0, 0.1) is 0 Å². The summed E-state index contributed by atoms with van der Waals surface area (Å²) >= 11 is 1.13. The molecule has 2 saturated heterocycles. The van der Waals surface area contributed by atoms with Gasteiger partial charge >= 0.3 is 0 Å². The highest BCUT2D eigenvalue weighted by Gasteiger charge is 2.46. The first kappa shape index (κ1) is 21.9. The van der Waals surface area contributed by atoms with E-state index in [9.17, 15) is 16.8 Å². The quantitative estimate of drug-likeness (QED) is 0.653. The van der Waals surface area contributed by atoms with E-state index in [2.05, 4.69) is 10.2 Å². The Labute approximate surface area is 181 Å². The Bertz CT molecular complexity index is 1030. The van der Waals surface area contributed by atoms with Gasteiger partial charge in [-0.2, -0.15) is 0 Å². The van der Waals surface area contributed by atoms with Gasteiger partial charge in [0.2, 0.25) is 0 Å². The predicted molar refractivity (Wildman–Crippen MR) is 117 cm³/mol. The molecule has 7 nitrogen and oxygen atoms in total. The molecule has 30 heavy (non-hydrogen) atoms. The van der Waals surface area contributed by atoms with Crippen molar-refractivity contribution < 1.29 is 21.6 Å². The number of morpholine rings is 1. The summed E-state index contributed by atoms with van der Waals surface area (Å²) in [7, 11) is -7.14. The second-order valence-electron chi connectivity index (χ2n) is 7.68. The molecule has 1 aromatic heterocycles. The van der Waals surface area contributed by atoms with Gasteiger partial charge in [-0.1, -0.05) is 36.4 Å². The van der Waals surface area contributed by atoms with Crippen LogP contribution < -0.4 is 5.32 Å². The van der Waals surface area contributed by atoms with Crippen LogP contribution >= 0.6 is 11.3 Å². The fraction of sp³-hybridized carbons (Fsp3) is 0.500. The van der Waals surface area contributed by atoms with Gasteiger partial charge in [0.1, 0.15) is 4.21 Å². The van der Waals surface area contributed by atoms with Crippen molar-refractivity contribution in [3.05, 3.63) is 53.4 Å². The van der Waals surface area contributed by atoms with Crippen LogP contribution in [-0.2, 0) is 24.4 Å². The second-order valence-corrected chi connectivity index (χ2v) is 13.2. The van der Waals surface area contributed by atoms with Crippen molar-refractivity contribution in [2.24, 2.45) is 0 Å². The molecule has 3 heterocycles. The summed E-state index contributed by atoms with van der Waals surface area (Å²) in [4.78, 5) is 2.30. The molecule has 2 fully saturated rings. The Kier molecular flexibility index (Phi) is 6.61. The van der Waals surface area contributed by atoms with E-state index in [1.807, 2.05) is 30.3 Å². The summed E-state index contributed by atoms with van der Waals surface area (Å²) in [5.41, 5.74) is 1.12. The van der Waals surface area contributed by atoms with Gasteiger partial charge in [0, 0.05) is 31.7 Å². The zero-order chi connectivity index (χ0) is 21.2. The van der Waals surface area contributed by atoms with Gasteiger partial charge < -0.3 is 10.1 Å². The summed E-state index contributed by atoms with van der Waals surface area (Å²) < 4.78 is 56.6. The average molecular weight is 471 g/mol. The van der Waals surface area contributed by atoms with Gasteiger partial charge in [0.05, 0.1) is 30.0 Å². The van der Waals surface area contributed by atoms with E-state index >= 15 is 0 Å². The molecular formula is C20H26N2O5S3. The van der Waals surface area contributed by atoms with E-state index in [0.29, 0.717) is 19.8 Å². The van der Waals surface area contributed by atoms with Crippen molar-refractivity contribution >= 4 is 31.0 Å². The lowest BCUT2D eigenvalue weighted by Crippen LogP contribution is -2.48. The third kappa shape index (κ3) is 4.79. The van der Waals surface area contributed by atoms with Crippen molar-refractivity contribution in [1.82, 2.24) is 10.2 Å². The molecule has 164 valence electrons. The molecule has 0 saturated carbocycles. The molecule has 2 aliphatic heterocycles. The fourth-order valence-electron chi connectivity index (χ4n) is 4.17. The molecule has 0 spiro atoms. The molecule has 1 aromatic carbocycles. The van der Waals surface area contributed by atoms with Crippen LogP contribution in [0.15, 0.2) is 52.1 Å². The smallest absolute Gasteiger partial charge is 0.193 e. The van der Waals surface area contributed by atoms with Gasteiger partial charge in [-0.15, -0.1) is 11.3 Å². The SMILES string of the molecule is O=S1(=O)C[C@H](NCC(c2ccccc2)N2CCOCC2)[C@@H](S(=O)(=O)c2cccs2)C1. The largest absolute Gasteiger partial charge is 0.379 e. The molecule has 1 N–H and O–H groups in total. The molecule has 3 atom stereocenters. The van der Waals surface area contributed by atoms with E-state index < -0.39 is 31.0 Å². The van der Waals surface area contributed by atoms with Crippen LogP contribution in [0.5, 0.6) is 0 Å². The van der Waals surface area contributed by atoms with Crippen molar-refractivity contribution in [2.75, 3.05) is 44.4 Å². The molecule has 2 aliphatic rings. The van der Waals surface area contributed by atoms with Gasteiger partial charge in [0.15, 0.2) is 19.7 Å². The van der Waals surface area contributed by atoms with Gasteiger partial charge in [-0.05, 0) is 17.0 Å². The fourth-order valence-corrected chi connectivity index (χ4v) is 10.1. The molecule has 0 bridgehead atoms. The number of nitrogens with one attached hydrogen (secondary N) is 1. The van der Waals surface area contributed by atoms with E-state index in [4.69, 9.17) is 4.74 Å². The normalized spacial score (nSPS) is 25.9. The van der Waals surface area contributed by atoms with Crippen LogP contribution in [0.1, 0.15) is 11.6 Å². The van der Waals surface area contributed by atoms with E-state index in [0.717, 1.165) is 30.0 Å². The van der Waals surface area contributed by atoms with Crippen molar-refractivity contribution in [3.8, 4) is 0 Å². The summed E-state index contributed by atoms with van der Waals surface area (Å²) in [6, 6.07) is 12.6. The third-order valence-electron chi connectivity index (χ3n) is 5.72. The standard InChI is InChI=1S/C20H26N2O5S3/c23-29(24)14-17(19(15-29)30(25,26)20-7-4-12-28-20)21-13-18(16-5-2-1-3-6-16)22-8-10-27-11-9-22/h1-7,12,17-19,21H,8-11,13-15H2/t17-,18?,19-/m0/s1. The lowest BCUT2D eigenvalue weighted by molar-refractivity contribution is 0.0158. The molecule has 0 aliphatic carbocycles. The van der Waals surface area contributed by atoms with Crippen molar-refractivity contribution in [2.45, 2.75) is 21.5 Å². The van der Waals surface area contributed by atoms with E-state index in [-0.39, 0.29) is 21.8 Å². The molecule has 10 heteroatoms. The van der Waals surface area contributed by atoms with Crippen LogP contribution in [0.25, 0.3) is 0 Å². The Morgan fingerprint density at radius 2 is 1.83 bits per heavy atom. The van der Waals surface area contributed by atoms with Gasteiger partial charge in [0.25, 0.3) is 0 Å². The first-order valence-electron chi connectivity index (χ1n) is 9.95. The summed E-state index contributed by atoms with van der Waals surface area (Å²) in [6.45, 7) is 3.33. The molecule has 0 radical (unpaired) electrons. The summed E-state index contributed by atoms with van der Waals surface area (Å²) in [5, 5.41) is 4.04. The Morgan fingerprint density at radius 3 is 2.50 bits per heavy atom. The van der Waals surface area contributed by atoms with Crippen LogP contribution in [-0.4, -0.2) is 77.4 Å². The highest BCUT2D eigenvalue weighted by molar-refractivity contribution is 7.97. The topological polar surface area (TPSA) is 92.8 Å². The summed E-state index contributed by atoms with van der Waals surface area (Å²) in [6.07, 6.45) is 0. The first-order chi connectivity index (χ1) is 14.4. The first-order valence-corrected chi connectivity index (χ1v) is 14.2. The minimum Gasteiger partial charge on any atom is -0.379 e. The average Bonchev–Trinajstić information content (AvgIpc) is 3.38. The zero-order valence-electron chi connectivity index (χ0n) is 16.5. The predicted octanol–water partition coefficient (Wildman–Crippen LogP) is 1.35. The van der Waals surface area contributed by atoms with E-state index in [1.54, 1.807) is 17.5 Å². The summed E-state index contributed by atoms with van der Waals surface area (Å²) in [5.74, 6) is -0.495. The number of hydrogen-bond acceptors (Lipinski definition) is 8. The maximum atomic E-state index is 13.1. The minimum atomic E-state index is -3.71. The Hall–Kier alpha value is -1.30. The molecular weight excluding hydrogens is 444 g/mol. The van der Waals surface area contributed by atoms with Crippen LogP contribution in [0.4, 0.5) is 0 Å². The lowest BCUT2D eigenvalue weighted by Gasteiger charge is -2.36. The highest BCUT2D eigenvalue weighted by atomic mass is 32.2. The van der Waals surface area contributed by atoms with Crippen LogP contribution in [0.3, 0.4) is 0 Å². The maximum absolute atomic E-state index is 13.1. The lowest BCUT2D eigenvalue weighted by atomic mass is 10.0. The number of sulfone groups is 2. The number of rotatable bonds is 7. The monoisotopic (exact) mass is 470 g/mol. The van der Waals surface area contributed by atoms with Gasteiger partial charge in [-0.3, -0.25) is 4.90 Å². The van der Waals surface area contributed by atoms with Crippen molar-refractivity contribution in [1.29, 1.82) is 0 Å². The number of benzene rings is 1. The number of nitrogens with zero attached hydrogens (tertiary/aromatic N) is 1. The molecule has 1 unspecified atom stereocenters. The van der Waals surface area contributed by atoms with Crippen molar-refractivity contribution in [3.63, 3.8) is 0 Å². The zero-order valence-corrected chi connectivity index (χ0v) is 19.0. The number of thiophene rings is 1. The number of hydrogen-bond donors (Lipinski definition) is 1. The van der Waals surface area contributed by atoms with E-state index in [1.165, 1.54) is 0 Å². The van der Waals surface area contributed by atoms with Gasteiger partial charge in [-0.25, -0.2) is 16.8 Å². The molecule has 2 aromatic rings. The third-order valence-corrected chi connectivity index (χ3v) is 11.3. The van der Waals surface area contributed by atoms with Crippen LogP contribution in [0.2, 0.25) is 0 Å². The number of ether oxygens (including phenoxy) is 1. The Morgan fingerprint density at radius 1 is 1.10 bits per heavy atom.